The van der Waals surface area contributed by atoms with Gasteiger partial charge in [-0.15, -0.1) is 0 Å². The molecule has 1 aromatic rings. The van der Waals surface area contributed by atoms with Crippen LogP contribution in [-0.2, 0) is 25.5 Å². The predicted octanol–water partition coefficient (Wildman–Crippen LogP) is -0.385. The van der Waals surface area contributed by atoms with Gasteiger partial charge in [0.15, 0.2) is 0 Å². The Labute approximate surface area is 187 Å². The monoisotopic (exact) mass is 448 g/mol. The minimum absolute atomic E-state index is 0.185. The van der Waals surface area contributed by atoms with Crippen LogP contribution in [0.5, 0.6) is 0 Å². The Hall–Kier alpha value is -2.69. The van der Waals surface area contributed by atoms with Gasteiger partial charge in [-0.1, -0.05) is 30.3 Å². The standard InChI is InChI=1S/C22H32N4O6/c1-31-21(29)18(14-16-7-8-23-19(16)27)24-20(28)17(13-15-5-3-2-4-6-15)25-22(30)26-9-11-32-12-10-26/h2-6,16-19,23,27H,7-14H2,1H3,(H,24,28)(H,25,30). The van der Waals surface area contributed by atoms with Crippen molar-refractivity contribution in [1.29, 1.82) is 0 Å². The Morgan fingerprint density at radius 2 is 1.91 bits per heavy atom. The molecular formula is C22H32N4O6. The minimum Gasteiger partial charge on any atom is -0.467 e. The Morgan fingerprint density at radius 3 is 2.53 bits per heavy atom. The first-order chi connectivity index (χ1) is 15.5. The molecule has 0 saturated carbocycles. The third-order valence-corrected chi connectivity index (χ3v) is 5.85. The number of amides is 3. The molecule has 0 bridgehead atoms. The maximum Gasteiger partial charge on any atom is 0.328 e. The van der Waals surface area contributed by atoms with Crippen molar-refractivity contribution in [3.05, 3.63) is 35.9 Å². The fourth-order valence-corrected chi connectivity index (χ4v) is 3.99. The van der Waals surface area contributed by atoms with Crippen LogP contribution in [0.2, 0.25) is 0 Å². The molecule has 0 spiro atoms. The first-order valence-electron chi connectivity index (χ1n) is 10.9. The molecule has 10 heteroatoms. The van der Waals surface area contributed by atoms with Gasteiger partial charge in [-0.2, -0.15) is 0 Å². The molecule has 1 aromatic carbocycles. The van der Waals surface area contributed by atoms with Crippen molar-refractivity contribution in [3.8, 4) is 0 Å². The Morgan fingerprint density at radius 1 is 1.19 bits per heavy atom. The normalized spacial score (nSPS) is 22.6. The Bertz CT molecular complexity index is 771. The molecule has 4 atom stereocenters. The molecule has 2 aliphatic heterocycles. The third-order valence-electron chi connectivity index (χ3n) is 5.85. The van der Waals surface area contributed by atoms with E-state index in [-0.39, 0.29) is 24.8 Å². The van der Waals surface area contributed by atoms with Crippen molar-refractivity contribution in [2.45, 2.75) is 37.6 Å². The number of carbonyl (C=O) groups is 3. The number of hydrogen-bond acceptors (Lipinski definition) is 7. The number of aliphatic hydroxyl groups is 1. The van der Waals surface area contributed by atoms with Crippen LogP contribution in [0.4, 0.5) is 4.79 Å². The maximum atomic E-state index is 13.2. The van der Waals surface area contributed by atoms with Crippen molar-refractivity contribution in [1.82, 2.24) is 20.9 Å². The lowest BCUT2D eigenvalue weighted by molar-refractivity contribution is -0.146. The van der Waals surface area contributed by atoms with Gasteiger partial charge in [0, 0.05) is 25.4 Å². The highest BCUT2D eigenvalue weighted by Gasteiger charge is 2.34. The van der Waals surface area contributed by atoms with Crippen LogP contribution in [0.3, 0.4) is 0 Å². The van der Waals surface area contributed by atoms with E-state index in [9.17, 15) is 19.5 Å². The molecular weight excluding hydrogens is 416 g/mol. The molecule has 32 heavy (non-hydrogen) atoms. The van der Waals surface area contributed by atoms with Crippen LogP contribution in [0.15, 0.2) is 30.3 Å². The lowest BCUT2D eigenvalue weighted by Crippen LogP contribution is -2.56. The summed E-state index contributed by atoms with van der Waals surface area (Å²) in [7, 11) is 1.26. The number of benzene rings is 1. The van der Waals surface area contributed by atoms with Gasteiger partial charge >= 0.3 is 12.0 Å². The highest BCUT2D eigenvalue weighted by atomic mass is 16.5. The Kier molecular flexibility index (Phi) is 8.83. The van der Waals surface area contributed by atoms with E-state index in [1.165, 1.54) is 7.11 Å². The predicted molar refractivity (Wildman–Crippen MR) is 116 cm³/mol. The molecule has 10 nitrogen and oxygen atoms in total. The molecule has 4 unspecified atom stereocenters. The van der Waals surface area contributed by atoms with E-state index in [0.29, 0.717) is 39.3 Å². The number of urea groups is 1. The first kappa shape index (κ1) is 24.0. The highest BCUT2D eigenvalue weighted by Crippen LogP contribution is 2.20. The average molecular weight is 449 g/mol. The van der Waals surface area contributed by atoms with Crippen LogP contribution in [0, 0.1) is 5.92 Å². The van der Waals surface area contributed by atoms with Gasteiger partial charge in [0.05, 0.1) is 20.3 Å². The van der Waals surface area contributed by atoms with Gasteiger partial charge in [0.25, 0.3) is 0 Å². The molecule has 3 rings (SSSR count). The quantitative estimate of drug-likeness (QED) is 0.399. The van der Waals surface area contributed by atoms with E-state index >= 15 is 0 Å². The van der Waals surface area contributed by atoms with Crippen LogP contribution >= 0.6 is 0 Å². The SMILES string of the molecule is COC(=O)C(CC1CCNC1O)NC(=O)C(Cc1ccccc1)NC(=O)N1CCOCC1. The van der Waals surface area contributed by atoms with Crippen molar-refractivity contribution in [2.75, 3.05) is 40.0 Å². The van der Waals surface area contributed by atoms with Gasteiger partial charge in [0.1, 0.15) is 18.3 Å². The summed E-state index contributed by atoms with van der Waals surface area (Å²) in [5.41, 5.74) is 0.875. The molecule has 176 valence electrons. The lowest BCUT2D eigenvalue weighted by Gasteiger charge is -2.30. The van der Waals surface area contributed by atoms with Crippen LogP contribution in [0.1, 0.15) is 18.4 Å². The number of carbonyl (C=O) groups excluding carboxylic acids is 3. The number of methoxy groups -OCH3 is 1. The summed E-state index contributed by atoms with van der Waals surface area (Å²) in [4.78, 5) is 39.9. The zero-order valence-electron chi connectivity index (χ0n) is 18.3. The number of hydrogen-bond donors (Lipinski definition) is 4. The molecule has 0 aliphatic carbocycles. The van der Waals surface area contributed by atoms with E-state index in [1.807, 2.05) is 30.3 Å². The molecule has 2 saturated heterocycles. The second-order valence-electron chi connectivity index (χ2n) is 8.06. The van der Waals surface area contributed by atoms with Crippen LogP contribution in [-0.4, -0.2) is 86.2 Å². The van der Waals surface area contributed by atoms with E-state index in [0.717, 1.165) is 5.56 Å². The topological polar surface area (TPSA) is 129 Å². The molecule has 3 amide bonds. The minimum atomic E-state index is -0.925. The smallest absolute Gasteiger partial charge is 0.328 e. The summed E-state index contributed by atoms with van der Waals surface area (Å²) < 4.78 is 10.2. The maximum absolute atomic E-state index is 13.2. The molecule has 0 radical (unpaired) electrons. The highest BCUT2D eigenvalue weighted by molar-refractivity contribution is 5.90. The zero-order chi connectivity index (χ0) is 22.9. The number of aliphatic hydroxyl groups excluding tert-OH is 1. The van der Waals surface area contributed by atoms with Crippen molar-refractivity contribution in [3.63, 3.8) is 0 Å². The van der Waals surface area contributed by atoms with Gasteiger partial charge in [-0.05, 0) is 24.9 Å². The first-order valence-corrected chi connectivity index (χ1v) is 10.9. The van der Waals surface area contributed by atoms with Gasteiger partial charge in [-0.25, -0.2) is 9.59 Å². The summed E-state index contributed by atoms with van der Waals surface area (Å²) in [5, 5.41) is 18.5. The fraction of sp³-hybridized carbons (Fsp3) is 0.591. The molecule has 2 fully saturated rings. The van der Waals surface area contributed by atoms with E-state index in [4.69, 9.17) is 9.47 Å². The van der Waals surface area contributed by atoms with E-state index < -0.39 is 30.2 Å². The second kappa shape index (κ2) is 11.8. The number of ether oxygens (including phenoxy) is 2. The summed E-state index contributed by atoms with van der Waals surface area (Å²) in [6.45, 7) is 2.43. The van der Waals surface area contributed by atoms with Gasteiger partial charge in [-0.3, -0.25) is 10.1 Å². The fourth-order valence-electron chi connectivity index (χ4n) is 3.99. The number of nitrogens with one attached hydrogen (secondary N) is 3. The number of esters is 1. The van der Waals surface area contributed by atoms with Crippen molar-refractivity contribution >= 4 is 17.9 Å². The third kappa shape index (κ3) is 6.65. The number of rotatable bonds is 8. The number of nitrogens with zero attached hydrogens (tertiary/aromatic N) is 1. The lowest BCUT2D eigenvalue weighted by atomic mass is 9.97. The van der Waals surface area contributed by atoms with Crippen molar-refractivity contribution < 1.29 is 29.0 Å². The molecule has 2 aliphatic rings. The summed E-state index contributed by atoms with van der Waals surface area (Å²) in [5.74, 6) is -1.25. The molecule has 4 N–H and O–H groups in total. The molecule has 0 aromatic heterocycles. The zero-order valence-corrected chi connectivity index (χ0v) is 18.3. The van der Waals surface area contributed by atoms with Crippen LogP contribution in [0.25, 0.3) is 0 Å². The van der Waals surface area contributed by atoms with Gasteiger partial charge in [0.2, 0.25) is 5.91 Å². The molecule has 2 heterocycles. The second-order valence-corrected chi connectivity index (χ2v) is 8.06. The van der Waals surface area contributed by atoms with Crippen molar-refractivity contribution in [2.24, 2.45) is 5.92 Å². The summed E-state index contributed by atoms with van der Waals surface area (Å²) in [6, 6.07) is 7.18. The number of morpholine rings is 1. The largest absolute Gasteiger partial charge is 0.467 e. The summed E-state index contributed by atoms with van der Waals surface area (Å²) >= 11 is 0. The van der Waals surface area contributed by atoms with Crippen LogP contribution < -0.4 is 16.0 Å². The summed E-state index contributed by atoms with van der Waals surface area (Å²) in [6.07, 6.45) is 0.457. The average Bonchev–Trinajstić information content (AvgIpc) is 3.23. The Balaban J connectivity index is 1.71. The van der Waals surface area contributed by atoms with E-state index in [2.05, 4.69) is 16.0 Å². The van der Waals surface area contributed by atoms with E-state index in [1.54, 1.807) is 4.90 Å². The van der Waals surface area contributed by atoms with Gasteiger partial charge < -0.3 is 30.1 Å².